The van der Waals surface area contributed by atoms with Gasteiger partial charge in [-0.1, -0.05) is 0 Å². The maximum atomic E-state index is 13.3. The number of nitrogens with zero attached hydrogens (tertiary/aromatic N) is 1. The lowest BCUT2D eigenvalue weighted by atomic mass is 10.0. The van der Waals surface area contributed by atoms with Gasteiger partial charge < -0.3 is 9.84 Å². The van der Waals surface area contributed by atoms with Crippen molar-refractivity contribution in [1.82, 2.24) is 4.90 Å². The third kappa shape index (κ3) is 3.68. The first-order chi connectivity index (χ1) is 8.47. The summed E-state index contributed by atoms with van der Waals surface area (Å²) in [6, 6.07) is 4.28. The van der Waals surface area contributed by atoms with Crippen molar-refractivity contribution in [3.8, 4) is 5.75 Å². The van der Waals surface area contributed by atoms with Crippen molar-refractivity contribution in [1.29, 1.82) is 0 Å². The second-order valence-electron chi connectivity index (χ2n) is 4.70. The molecule has 0 fully saturated rings. The largest absolute Gasteiger partial charge is 0.508 e. The maximum Gasteiger partial charge on any atom is 0.123 e. The molecule has 4 heteroatoms. The molecular weight excluding hydrogens is 233 g/mol. The highest BCUT2D eigenvalue weighted by molar-refractivity contribution is 5.35. The summed E-state index contributed by atoms with van der Waals surface area (Å²) < 4.78 is 18.4. The molecule has 1 atom stereocenters. The molecule has 0 spiro atoms. The van der Waals surface area contributed by atoms with Crippen LogP contribution in [0.1, 0.15) is 32.4 Å². The molecule has 0 aliphatic carbocycles. The van der Waals surface area contributed by atoms with E-state index >= 15 is 0 Å². The molecule has 102 valence electrons. The normalized spacial score (nSPS) is 13.3. The number of rotatable bonds is 6. The number of benzene rings is 1. The minimum atomic E-state index is -0.329. The molecule has 0 saturated carbocycles. The van der Waals surface area contributed by atoms with Crippen molar-refractivity contribution in [2.75, 3.05) is 20.3 Å². The van der Waals surface area contributed by atoms with Gasteiger partial charge in [0.05, 0.1) is 6.61 Å². The Bertz CT molecular complexity index is 382. The van der Waals surface area contributed by atoms with E-state index in [2.05, 4.69) is 18.7 Å². The lowest BCUT2D eigenvalue weighted by molar-refractivity contribution is 0.101. The lowest BCUT2D eigenvalue weighted by Crippen LogP contribution is -2.36. The van der Waals surface area contributed by atoms with Crippen molar-refractivity contribution in [2.45, 2.75) is 32.9 Å². The first-order valence-corrected chi connectivity index (χ1v) is 6.20. The van der Waals surface area contributed by atoms with E-state index in [0.717, 1.165) is 6.54 Å². The monoisotopic (exact) mass is 255 g/mol. The van der Waals surface area contributed by atoms with Crippen LogP contribution in [0.15, 0.2) is 18.2 Å². The molecule has 0 radical (unpaired) electrons. The first kappa shape index (κ1) is 14.9. The van der Waals surface area contributed by atoms with Crippen LogP contribution in [-0.2, 0) is 4.74 Å². The molecule has 18 heavy (non-hydrogen) atoms. The average Bonchev–Trinajstić information content (AvgIpc) is 2.32. The second kappa shape index (κ2) is 6.71. The molecular formula is C14H22FNO2. The predicted molar refractivity (Wildman–Crippen MR) is 70.2 cm³/mol. The fraction of sp³-hybridized carbons (Fsp3) is 0.571. The van der Waals surface area contributed by atoms with Crippen LogP contribution in [0.2, 0.25) is 0 Å². The fourth-order valence-electron chi connectivity index (χ4n) is 2.13. The number of halogens is 1. The van der Waals surface area contributed by atoms with E-state index in [1.807, 2.05) is 6.92 Å². The van der Waals surface area contributed by atoms with Gasteiger partial charge in [0.15, 0.2) is 0 Å². The van der Waals surface area contributed by atoms with Crippen LogP contribution in [0.5, 0.6) is 5.75 Å². The van der Waals surface area contributed by atoms with Gasteiger partial charge >= 0.3 is 0 Å². The summed E-state index contributed by atoms with van der Waals surface area (Å²) in [5.74, 6) is -0.197. The average molecular weight is 255 g/mol. The molecule has 0 aromatic heterocycles. The first-order valence-electron chi connectivity index (χ1n) is 6.20. The van der Waals surface area contributed by atoms with E-state index in [1.54, 1.807) is 7.11 Å². The van der Waals surface area contributed by atoms with Gasteiger partial charge in [0.2, 0.25) is 0 Å². The Balaban J connectivity index is 2.93. The Morgan fingerprint density at radius 2 is 2.00 bits per heavy atom. The van der Waals surface area contributed by atoms with Gasteiger partial charge in [-0.25, -0.2) is 4.39 Å². The predicted octanol–water partition coefficient (Wildman–Crippen LogP) is 2.95. The van der Waals surface area contributed by atoms with E-state index in [9.17, 15) is 9.50 Å². The van der Waals surface area contributed by atoms with Crippen molar-refractivity contribution in [2.24, 2.45) is 0 Å². The van der Waals surface area contributed by atoms with Crippen LogP contribution in [0.4, 0.5) is 4.39 Å². The van der Waals surface area contributed by atoms with Crippen molar-refractivity contribution in [3.05, 3.63) is 29.6 Å². The molecule has 1 aromatic rings. The number of phenols is 1. The number of methoxy groups -OCH3 is 1. The third-order valence-electron chi connectivity index (χ3n) is 3.15. The van der Waals surface area contributed by atoms with E-state index < -0.39 is 0 Å². The Morgan fingerprint density at radius 3 is 2.56 bits per heavy atom. The summed E-state index contributed by atoms with van der Waals surface area (Å²) >= 11 is 0. The van der Waals surface area contributed by atoms with Gasteiger partial charge in [0.25, 0.3) is 0 Å². The summed E-state index contributed by atoms with van der Waals surface area (Å²) in [4.78, 5) is 2.16. The number of ether oxygens (including phenoxy) is 1. The Labute approximate surface area is 108 Å². The summed E-state index contributed by atoms with van der Waals surface area (Å²) in [5.41, 5.74) is 0.611. The van der Waals surface area contributed by atoms with E-state index in [0.29, 0.717) is 12.2 Å². The molecule has 0 saturated heterocycles. The summed E-state index contributed by atoms with van der Waals surface area (Å²) in [7, 11) is 1.66. The minimum Gasteiger partial charge on any atom is -0.508 e. The highest BCUT2D eigenvalue weighted by Crippen LogP contribution is 2.30. The molecule has 0 amide bonds. The smallest absolute Gasteiger partial charge is 0.123 e. The Hall–Kier alpha value is -1.13. The number of aromatic hydroxyl groups is 1. The van der Waals surface area contributed by atoms with Crippen molar-refractivity contribution >= 4 is 0 Å². The van der Waals surface area contributed by atoms with Crippen LogP contribution in [-0.4, -0.2) is 36.3 Å². The fourth-order valence-corrected chi connectivity index (χ4v) is 2.13. The van der Waals surface area contributed by atoms with Crippen LogP contribution in [0.25, 0.3) is 0 Å². The zero-order valence-corrected chi connectivity index (χ0v) is 11.5. The topological polar surface area (TPSA) is 32.7 Å². The van der Waals surface area contributed by atoms with Gasteiger partial charge in [-0.2, -0.15) is 0 Å². The van der Waals surface area contributed by atoms with Crippen LogP contribution < -0.4 is 0 Å². The molecule has 0 aliphatic heterocycles. The number of phenolic OH excluding ortho intramolecular Hbond substituents is 1. The van der Waals surface area contributed by atoms with E-state index in [1.165, 1.54) is 18.2 Å². The van der Waals surface area contributed by atoms with Gasteiger partial charge in [-0.05, 0) is 39.0 Å². The van der Waals surface area contributed by atoms with Gasteiger partial charge in [0.1, 0.15) is 11.6 Å². The van der Waals surface area contributed by atoms with Gasteiger partial charge in [0, 0.05) is 31.3 Å². The molecule has 1 unspecified atom stereocenters. The van der Waals surface area contributed by atoms with Gasteiger partial charge in [-0.15, -0.1) is 0 Å². The zero-order valence-electron chi connectivity index (χ0n) is 11.5. The van der Waals surface area contributed by atoms with Gasteiger partial charge in [-0.3, -0.25) is 4.90 Å². The standard InChI is InChI=1S/C14H22FNO2/c1-10(2)16(7-8-18-4)11(3)13-9-12(15)5-6-14(13)17/h5-6,9-11,17H,7-8H2,1-4H3. The molecule has 1 rings (SSSR count). The maximum absolute atomic E-state index is 13.3. The zero-order chi connectivity index (χ0) is 13.7. The second-order valence-corrected chi connectivity index (χ2v) is 4.70. The third-order valence-corrected chi connectivity index (χ3v) is 3.15. The molecule has 0 bridgehead atoms. The Kier molecular flexibility index (Phi) is 5.56. The molecule has 3 nitrogen and oxygen atoms in total. The Morgan fingerprint density at radius 1 is 1.33 bits per heavy atom. The van der Waals surface area contributed by atoms with Crippen LogP contribution >= 0.6 is 0 Å². The van der Waals surface area contributed by atoms with Crippen LogP contribution in [0.3, 0.4) is 0 Å². The van der Waals surface area contributed by atoms with Crippen LogP contribution in [0, 0.1) is 5.82 Å². The molecule has 0 heterocycles. The SMILES string of the molecule is COCCN(C(C)C)C(C)c1cc(F)ccc1O. The number of hydrogen-bond acceptors (Lipinski definition) is 3. The lowest BCUT2D eigenvalue weighted by Gasteiger charge is -2.33. The summed E-state index contributed by atoms with van der Waals surface area (Å²) in [5, 5.41) is 9.84. The summed E-state index contributed by atoms with van der Waals surface area (Å²) in [6.07, 6.45) is 0. The minimum absolute atomic E-state index is 0.0594. The highest BCUT2D eigenvalue weighted by atomic mass is 19.1. The highest BCUT2D eigenvalue weighted by Gasteiger charge is 2.21. The molecule has 1 N–H and O–H groups in total. The molecule has 1 aromatic carbocycles. The summed E-state index contributed by atoms with van der Waals surface area (Å²) in [6.45, 7) is 7.46. The van der Waals surface area contributed by atoms with Crippen molar-refractivity contribution < 1.29 is 14.2 Å². The van der Waals surface area contributed by atoms with E-state index in [-0.39, 0.29) is 23.7 Å². The van der Waals surface area contributed by atoms with Crippen molar-refractivity contribution in [3.63, 3.8) is 0 Å². The number of hydrogen-bond donors (Lipinski definition) is 1. The van der Waals surface area contributed by atoms with E-state index in [4.69, 9.17) is 4.74 Å². The molecule has 0 aliphatic rings. The quantitative estimate of drug-likeness (QED) is 0.848.